The highest BCUT2D eigenvalue weighted by molar-refractivity contribution is 5.31. The van der Waals surface area contributed by atoms with Gasteiger partial charge in [-0.1, -0.05) is 6.07 Å². The normalized spacial score (nSPS) is 13.6. The van der Waals surface area contributed by atoms with Crippen molar-refractivity contribution in [1.29, 1.82) is 0 Å². The van der Waals surface area contributed by atoms with Gasteiger partial charge in [-0.15, -0.1) is 0 Å². The van der Waals surface area contributed by atoms with Crippen LogP contribution >= 0.6 is 0 Å². The minimum atomic E-state index is -4.71. The van der Waals surface area contributed by atoms with Crippen LogP contribution in [0.5, 0.6) is 0 Å². The number of nitrogens with two attached hydrogens (primary N) is 1. The second-order valence-corrected chi connectivity index (χ2v) is 3.73. The molecule has 0 saturated heterocycles. The summed E-state index contributed by atoms with van der Waals surface area (Å²) < 4.78 is 55.5. The van der Waals surface area contributed by atoms with E-state index in [2.05, 4.69) is 0 Å². The molecule has 1 aromatic heterocycles. The van der Waals surface area contributed by atoms with Crippen molar-refractivity contribution >= 4 is 0 Å². The molecular formula is C12H9F4NO. The first-order valence-electron chi connectivity index (χ1n) is 5.05. The predicted octanol–water partition coefficient (Wildman–Crippen LogP) is 3.49. The molecule has 0 aliphatic carbocycles. The summed E-state index contributed by atoms with van der Waals surface area (Å²) in [7, 11) is 0. The Labute approximate surface area is 100 Å². The molecule has 1 heterocycles. The molecule has 0 spiro atoms. The molecule has 0 amide bonds. The van der Waals surface area contributed by atoms with Crippen LogP contribution in [0.1, 0.15) is 22.9 Å². The number of hydrogen-bond donors (Lipinski definition) is 1. The Morgan fingerprint density at radius 3 is 2.39 bits per heavy atom. The lowest BCUT2D eigenvalue weighted by Gasteiger charge is -2.12. The SMILES string of the molecule is NC(c1ccc(C(F)(F)F)c(F)c1)c1ccco1. The monoisotopic (exact) mass is 259 g/mol. The molecule has 0 aliphatic heterocycles. The average molecular weight is 259 g/mol. The van der Waals surface area contributed by atoms with E-state index in [1.54, 1.807) is 12.1 Å². The molecule has 0 bridgehead atoms. The lowest BCUT2D eigenvalue weighted by atomic mass is 10.0. The van der Waals surface area contributed by atoms with Crippen LogP contribution in [0.25, 0.3) is 0 Å². The highest BCUT2D eigenvalue weighted by Gasteiger charge is 2.34. The summed E-state index contributed by atoms with van der Waals surface area (Å²) in [6.45, 7) is 0. The summed E-state index contributed by atoms with van der Waals surface area (Å²) in [6, 6.07) is 4.95. The Kier molecular flexibility index (Phi) is 3.13. The van der Waals surface area contributed by atoms with E-state index < -0.39 is 23.6 Å². The molecular weight excluding hydrogens is 250 g/mol. The summed E-state index contributed by atoms with van der Waals surface area (Å²) in [5.74, 6) is -0.990. The van der Waals surface area contributed by atoms with E-state index in [1.165, 1.54) is 6.26 Å². The lowest BCUT2D eigenvalue weighted by Crippen LogP contribution is -2.13. The number of rotatable bonds is 2. The molecule has 18 heavy (non-hydrogen) atoms. The molecule has 2 nitrogen and oxygen atoms in total. The van der Waals surface area contributed by atoms with Gasteiger partial charge < -0.3 is 10.2 Å². The van der Waals surface area contributed by atoms with Crippen molar-refractivity contribution in [1.82, 2.24) is 0 Å². The minimum absolute atomic E-state index is 0.218. The number of benzene rings is 1. The van der Waals surface area contributed by atoms with Gasteiger partial charge in [-0.2, -0.15) is 13.2 Å². The van der Waals surface area contributed by atoms with E-state index in [1.807, 2.05) is 0 Å². The maximum Gasteiger partial charge on any atom is 0.419 e. The maximum atomic E-state index is 13.3. The maximum absolute atomic E-state index is 13.3. The number of alkyl halides is 3. The molecule has 0 saturated carbocycles. The van der Waals surface area contributed by atoms with Gasteiger partial charge in [-0.05, 0) is 29.8 Å². The molecule has 2 N–H and O–H groups in total. The van der Waals surface area contributed by atoms with Gasteiger partial charge in [-0.3, -0.25) is 0 Å². The molecule has 0 fully saturated rings. The Morgan fingerprint density at radius 1 is 1.17 bits per heavy atom. The smallest absolute Gasteiger partial charge is 0.419 e. The Balaban J connectivity index is 2.35. The van der Waals surface area contributed by atoms with Crippen molar-refractivity contribution in [2.45, 2.75) is 12.2 Å². The zero-order chi connectivity index (χ0) is 13.3. The molecule has 2 aromatic rings. The van der Waals surface area contributed by atoms with Crippen LogP contribution in [0.15, 0.2) is 41.0 Å². The van der Waals surface area contributed by atoms with Crippen LogP contribution in [-0.2, 0) is 6.18 Å². The van der Waals surface area contributed by atoms with Crippen LogP contribution in [0.2, 0.25) is 0 Å². The molecule has 6 heteroatoms. The third kappa shape index (κ3) is 2.38. The Morgan fingerprint density at radius 2 is 1.89 bits per heavy atom. The summed E-state index contributed by atoms with van der Waals surface area (Å²) in [5.41, 5.74) is 4.66. The summed E-state index contributed by atoms with van der Waals surface area (Å²) in [4.78, 5) is 0. The highest BCUT2D eigenvalue weighted by atomic mass is 19.4. The van der Waals surface area contributed by atoms with Gasteiger partial charge in [0.1, 0.15) is 11.6 Å². The summed E-state index contributed by atoms with van der Waals surface area (Å²) in [6.07, 6.45) is -3.33. The minimum Gasteiger partial charge on any atom is -0.467 e. The second kappa shape index (κ2) is 4.45. The number of furan rings is 1. The van der Waals surface area contributed by atoms with E-state index in [0.717, 1.165) is 12.1 Å². The zero-order valence-corrected chi connectivity index (χ0v) is 9.04. The van der Waals surface area contributed by atoms with E-state index in [0.29, 0.717) is 11.8 Å². The second-order valence-electron chi connectivity index (χ2n) is 3.73. The largest absolute Gasteiger partial charge is 0.467 e. The zero-order valence-electron chi connectivity index (χ0n) is 9.04. The van der Waals surface area contributed by atoms with Crippen molar-refractivity contribution in [2.24, 2.45) is 5.73 Å². The van der Waals surface area contributed by atoms with Crippen LogP contribution in [-0.4, -0.2) is 0 Å². The van der Waals surface area contributed by atoms with Crippen molar-refractivity contribution in [3.05, 3.63) is 59.3 Å². The first kappa shape index (κ1) is 12.6. The van der Waals surface area contributed by atoms with Gasteiger partial charge in [0, 0.05) is 0 Å². The molecule has 2 rings (SSSR count). The van der Waals surface area contributed by atoms with Gasteiger partial charge in [0.15, 0.2) is 0 Å². The first-order chi connectivity index (χ1) is 8.39. The molecule has 0 aliphatic rings. The van der Waals surface area contributed by atoms with Crippen LogP contribution < -0.4 is 5.73 Å². The van der Waals surface area contributed by atoms with Crippen molar-refractivity contribution in [3.63, 3.8) is 0 Å². The fourth-order valence-corrected chi connectivity index (χ4v) is 1.59. The third-order valence-corrected chi connectivity index (χ3v) is 2.51. The summed E-state index contributed by atoms with van der Waals surface area (Å²) >= 11 is 0. The van der Waals surface area contributed by atoms with Crippen LogP contribution in [0.4, 0.5) is 17.6 Å². The standard InChI is InChI=1S/C12H9F4NO/c13-9-6-7(3-4-8(9)12(14,15)16)11(17)10-2-1-5-18-10/h1-6,11H,17H2. The van der Waals surface area contributed by atoms with Crippen molar-refractivity contribution in [3.8, 4) is 0 Å². The van der Waals surface area contributed by atoms with Gasteiger partial charge >= 0.3 is 6.18 Å². The van der Waals surface area contributed by atoms with Crippen LogP contribution in [0, 0.1) is 5.82 Å². The quantitative estimate of drug-likeness (QED) is 0.838. The fourth-order valence-electron chi connectivity index (χ4n) is 1.59. The van der Waals surface area contributed by atoms with Gasteiger partial charge in [0.25, 0.3) is 0 Å². The molecule has 1 aromatic carbocycles. The Hall–Kier alpha value is -1.82. The number of hydrogen-bond acceptors (Lipinski definition) is 2. The number of halogens is 4. The fraction of sp³-hybridized carbons (Fsp3) is 0.167. The first-order valence-corrected chi connectivity index (χ1v) is 5.05. The third-order valence-electron chi connectivity index (χ3n) is 2.51. The molecule has 1 atom stereocenters. The van der Waals surface area contributed by atoms with Gasteiger partial charge in [0.05, 0.1) is 17.9 Å². The van der Waals surface area contributed by atoms with E-state index in [-0.39, 0.29) is 5.56 Å². The van der Waals surface area contributed by atoms with Crippen LogP contribution in [0.3, 0.4) is 0 Å². The van der Waals surface area contributed by atoms with E-state index >= 15 is 0 Å². The predicted molar refractivity (Wildman–Crippen MR) is 56.1 cm³/mol. The highest BCUT2D eigenvalue weighted by Crippen LogP contribution is 2.32. The van der Waals surface area contributed by atoms with Gasteiger partial charge in [-0.25, -0.2) is 4.39 Å². The molecule has 1 unspecified atom stereocenters. The van der Waals surface area contributed by atoms with Crippen molar-refractivity contribution < 1.29 is 22.0 Å². The van der Waals surface area contributed by atoms with E-state index in [9.17, 15) is 17.6 Å². The average Bonchev–Trinajstić information content (AvgIpc) is 2.79. The molecule has 96 valence electrons. The van der Waals surface area contributed by atoms with E-state index in [4.69, 9.17) is 10.2 Å². The van der Waals surface area contributed by atoms with Crippen molar-refractivity contribution in [2.75, 3.05) is 0 Å². The molecule has 0 radical (unpaired) electrons. The lowest BCUT2D eigenvalue weighted by molar-refractivity contribution is -0.140. The Bertz CT molecular complexity index is 534. The van der Waals surface area contributed by atoms with Gasteiger partial charge in [0.2, 0.25) is 0 Å². The summed E-state index contributed by atoms with van der Waals surface area (Å²) in [5, 5.41) is 0. The topological polar surface area (TPSA) is 39.2 Å².